The number of amides is 1. The Kier molecular flexibility index (Phi) is 5.38. The molecule has 1 amide bonds. The standard InChI is InChI=1S/C13H23N5O2S/c1-3-9(7-20-2)16-12(19)10-11(15)17-13(21-10)18-5-4-8(14)6-18/h8-9H,3-7,14-15H2,1-2H3,(H,16,19). The first-order valence-corrected chi connectivity index (χ1v) is 7.93. The van der Waals surface area contributed by atoms with E-state index in [1.165, 1.54) is 11.3 Å². The van der Waals surface area contributed by atoms with E-state index >= 15 is 0 Å². The summed E-state index contributed by atoms with van der Waals surface area (Å²) >= 11 is 1.32. The Morgan fingerprint density at radius 3 is 3.00 bits per heavy atom. The zero-order valence-corrected chi connectivity index (χ0v) is 13.3. The average molecular weight is 313 g/mol. The quantitative estimate of drug-likeness (QED) is 0.702. The average Bonchev–Trinajstić information content (AvgIpc) is 3.04. The van der Waals surface area contributed by atoms with Crippen molar-refractivity contribution in [1.82, 2.24) is 10.3 Å². The molecule has 118 valence electrons. The molecule has 0 aromatic carbocycles. The van der Waals surface area contributed by atoms with Crippen molar-refractivity contribution < 1.29 is 9.53 Å². The van der Waals surface area contributed by atoms with E-state index in [1.807, 2.05) is 6.92 Å². The summed E-state index contributed by atoms with van der Waals surface area (Å²) in [5.41, 5.74) is 11.8. The summed E-state index contributed by atoms with van der Waals surface area (Å²) in [6, 6.07) is 0.145. The molecular weight excluding hydrogens is 290 g/mol. The normalized spacial score (nSPS) is 19.8. The topological polar surface area (TPSA) is 106 Å². The van der Waals surface area contributed by atoms with Crippen LogP contribution < -0.4 is 21.7 Å². The molecule has 0 bridgehead atoms. The first-order valence-electron chi connectivity index (χ1n) is 7.11. The molecule has 0 aliphatic carbocycles. The van der Waals surface area contributed by atoms with E-state index < -0.39 is 0 Å². The number of nitrogens with zero attached hydrogens (tertiary/aromatic N) is 2. The molecular formula is C13H23N5O2S. The van der Waals surface area contributed by atoms with E-state index in [1.54, 1.807) is 7.11 Å². The smallest absolute Gasteiger partial charge is 0.265 e. The predicted octanol–water partition coefficient (Wildman–Crippen LogP) is 0.418. The lowest BCUT2D eigenvalue weighted by molar-refractivity contribution is 0.0899. The van der Waals surface area contributed by atoms with Gasteiger partial charge in [-0.15, -0.1) is 0 Å². The summed E-state index contributed by atoms with van der Waals surface area (Å²) in [6.07, 6.45) is 1.74. The van der Waals surface area contributed by atoms with Crippen LogP contribution in [0, 0.1) is 0 Å². The zero-order chi connectivity index (χ0) is 15.4. The number of nitrogens with two attached hydrogens (primary N) is 2. The molecule has 8 heteroatoms. The fourth-order valence-corrected chi connectivity index (χ4v) is 3.22. The summed E-state index contributed by atoms with van der Waals surface area (Å²) in [4.78, 5) is 19.1. The van der Waals surface area contributed by atoms with Crippen molar-refractivity contribution in [3.8, 4) is 0 Å². The van der Waals surface area contributed by atoms with Crippen LogP contribution in [-0.4, -0.2) is 49.8 Å². The number of nitrogen functional groups attached to an aromatic ring is 1. The molecule has 5 N–H and O–H groups in total. The van der Waals surface area contributed by atoms with Gasteiger partial charge in [0.15, 0.2) is 5.13 Å². The summed E-state index contributed by atoms with van der Waals surface area (Å²) in [5, 5.41) is 3.69. The first kappa shape index (κ1) is 16.0. The Morgan fingerprint density at radius 1 is 1.67 bits per heavy atom. The minimum Gasteiger partial charge on any atom is -0.383 e. The highest BCUT2D eigenvalue weighted by Crippen LogP contribution is 2.30. The maximum atomic E-state index is 12.3. The van der Waals surface area contributed by atoms with Crippen molar-refractivity contribution in [2.45, 2.75) is 31.8 Å². The SMILES string of the molecule is CCC(COC)NC(=O)c1sc(N2CCC(N)C2)nc1N. The van der Waals surface area contributed by atoms with E-state index in [0.717, 1.165) is 31.1 Å². The third-order valence-corrected chi connectivity index (χ3v) is 4.67. The van der Waals surface area contributed by atoms with Gasteiger partial charge < -0.3 is 26.4 Å². The van der Waals surface area contributed by atoms with E-state index in [4.69, 9.17) is 16.2 Å². The second-order valence-electron chi connectivity index (χ2n) is 5.24. The monoisotopic (exact) mass is 313 g/mol. The van der Waals surface area contributed by atoms with Gasteiger partial charge in [0.2, 0.25) is 0 Å². The summed E-state index contributed by atoms with van der Waals surface area (Å²) < 4.78 is 5.08. The van der Waals surface area contributed by atoms with Gasteiger partial charge >= 0.3 is 0 Å². The van der Waals surface area contributed by atoms with Crippen molar-refractivity contribution in [1.29, 1.82) is 0 Å². The molecule has 2 unspecified atom stereocenters. The number of ether oxygens (including phenoxy) is 1. The van der Waals surface area contributed by atoms with E-state index in [9.17, 15) is 4.79 Å². The lowest BCUT2D eigenvalue weighted by Gasteiger charge is -2.15. The number of rotatable bonds is 6. The van der Waals surface area contributed by atoms with Crippen LogP contribution in [-0.2, 0) is 4.74 Å². The van der Waals surface area contributed by atoms with Gasteiger partial charge in [0, 0.05) is 26.2 Å². The molecule has 21 heavy (non-hydrogen) atoms. The number of nitrogens with one attached hydrogen (secondary N) is 1. The number of anilines is 2. The van der Waals surface area contributed by atoms with Crippen LogP contribution in [0.25, 0.3) is 0 Å². The van der Waals surface area contributed by atoms with Crippen LogP contribution in [0.4, 0.5) is 10.9 Å². The number of methoxy groups -OCH3 is 1. The fourth-order valence-electron chi connectivity index (χ4n) is 2.29. The molecule has 0 spiro atoms. The minimum atomic E-state index is -0.191. The molecule has 2 heterocycles. The number of carbonyl (C=O) groups excluding carboxylic acids is 1. The Bertz CT molecular complexity index is 493. The molecule has 7 nitrogen and oxygen atoms in total. The molecule has 2 rings (SSSR count). The first-order chi connectivity index (χ1) is 10.0. The van der Waals surface area contributed by atoms with E-state index in [0.29, 0.717) is 11.5 Å². The highest BCUT2D eigenvalue weighted by atomic mass is 32.1. The predicted molar refractivity (Wildman–Crippen MR) is 84.8 cm³/mol. The van der Waals surface area contributed by atoms with Gasteiger partial charge in [0.05, 0.1) is 12.6 Å². The van der Waals surface area contributed by atoms with Crippen molar-refractivity contribution in [3.05, 3.63) is 4.88 Å². The number of carbonyl (C=O) groups is 1. The Morgan fingerprint density at radius 2 is 2.43 bits per heavy atom. The maximum absolute atomic E-state index is 12.3. The second-order valence-corrected chi connectivity index (χ2v) is 6.22. The lowest BCUT2D eigenvalue weighted by Crippen LogP contribution is -2.37. The second kappa shape index (κ2) is 7.06. The largest absolute Gasteiger partial charge is 0.383 e. The van der Waals surface area contributed by atoms with E-state index in [-0.39, 0.29) is 23.8 Å². The Hall–Kier alpha value is -1.38. The van der Waals surface area contributed by atoms with E-state index in [2.05, 4.69) is 15.2 Å². The highest BCUT2D eigenvalue weighted by molar-refractivity contribution is 7.18. The van der Waals surface area contributed by atoms with Crippen LogP contribution in [0.1, 0.15) is 29.4 Å². The lowest BCUT2D eigenvalue weighted by atomic mass is 10.2. The molecule has 1 aromatic heterocycles. The molecule has 1 aliphatic heterocycles. The third kappa shape index (κ3) is 3.84. The molecule has 1 fully saturated rings. The van der Waals surface area contributed by atoms with Crippen molar-refractivity contribution >= 4 is 28.2 Å². The van der Waals surface area contributed by atoms with Crippen molar-refractivity contribution in [2.75, 3.05) is 37.4 Å². The van der Waals surface area contributed by atoms with Gasteiger partial charge in [-0.2, -0.15) is 0 Å². The minimum absolute atomic E-state index is 0.0207. The van der Waals surface area contributed by atoms with Crippen LogP contribution in [0.15, 0.2) is 0 Å². The van der Waals surface area contributed by atoms with Crippen LogP contribution in [0.5, 0.6) is 0 Å². The van der Waals surface area contributed by atoms with Gasteiger partial charge in [0.1, 0.15) is 10.7 Å². The number of aromatic nitrogens is 1. The Labute approximate surface area is 128 Å². The van der Waals surface area contributed by atoms with Gasteiger partial charge in [-0.3, -0.25) is 4.79 Å². The molecule has 1 aromatic rings. The number of hydrogen-bond acceptors (Lipinski definition) is 7. The fraction of sp³-hybridized carbons (Fsp3) is 0.692. The van der Waals surface area contributed by atoms with Crippen molar-refractivity contribution in [2.24, 2.45) is 5.73 Å². The van der Waals surface area contributed by atoms with Crippen LogP contribution >= 0.6 is 11.3 Å². The zero-order valence-electron chi connectivity index (χ0n) is 12.5. The van der Waals surface area contributed by atoms with Crippen molar-refractivity contribution in [3.63, 3.8) is 0 Å². The summed E-state index contributed by atoms with van der Waals surface area (Å²) in [7, 11) is 1.62. The highest BCUT2D eigenvalue weighted by Gasteiger charge is 2.25. The van der Waals surface area contributed by atoms with Gasteiger partial charge in [0.25, 0.3) is 5.91 Å². The van der Waals surface area contributed by atoms with Crippen LogP contribution in [0.2, 0.25) is 0 Å². The molecule has 0 saturated carbocycles. The summed E-state index contributed by atoms with van der Waals surface area (Å²) in [6.45, 7) is 4.09. The van der Waals surface area contributed by atoms with Crippen LogP contribution in [0.3, 0.4) is 0 Å². The number of hydrogen-bond donors (Lipinski definition) is 3. The number of thiazole rings is 1. The molecule has 0 radical (unpaired) electrons. The van der Waals surface area contributed by atoms with Gasteiger partial charge in [-0.1, -0.05) is 18.3 Å². The Balaban J connectivity index is 2.06. The third-order valence-electron chi connectivity index (χ3n) is 3.54. The van der Waals surface area contributed by atoms with Gasteiger partial charge in [-0.25, -0.2) is 4.98 Å². The van der Waals surface area contributed by atoms with Gasteiger partial charge in [-0.05, 0) is 12.8 Å². The maximum Gasteiger partial charge on any atom is 0.265 e. The summed E-state index contributed by atoms with van der Waals surface area (Å²) in [5.74, 6) is 0.0869. The molecule has 1 saturated heterocycles. The molecule has 1 aliphatic rings. The molecule has 2 atom stereocenters.